The fourth-order valence-electron chi connectivity index (χ4n) is 1.71. The molecule has 0 spiro atoms. The molecule has 0 radical (unpaired) electrons. The van der Waals surface area contributed by atoms with Crippen LogP contribution in [0.4, 0.5) is 0 Å². The maximum absolute atomic E-state index is 11.6. The Bertz CT molecular complexity index is 561. The first-order valence-electron chi connectivity index (χ1n) is 6.34. The first-order valence-corrected chi connectivity index (χ1v) is 6.34. The minimum absolute atomic E-state index is 0.445. The van der Waals surface area contributed by atoms with Crippen LogP contribution in [0.2, 0.25) is 0 Å². The lowest BCUT2D eigenvalue weighted by Gasteiger charge is -2.04. The number of amides is 2. The number of rotatable bonds is 4. The lowest BCUT2D eigenvalue weighted by molar-refractivity contribution is -0.131. The van der Waals surface area contributed by atoms with Crippen molar-refractivity contribution in [1.82, 2.24) is 10.9 Å². The summed E-state index contributed by atoms with van der Waals surface area (Å²) in [6.45, 7) is 4.25. The molecule has 1 aliphatic heterocycles. The van der Waals surface area contributed by atoms with E-state index in [1.54, 1.807) is 0 Å². The van der Waals surface area contributed by atoms with Crippen molar-refractivity contribution < 1.29 is 9.59 Å². The first kappa shape index (κ1) is 13.9. The van der Waals surface area contributed by atoms with E-state index in [4.69, 9.17) is 0 Å². The summed E-state index contributed by atoms with van der Waals surface area (Å²) in [6.07, 6.45) is 2.79. The van der Waals surface area contributed by atoms with Crippen LogP contribution in [0.5, 0.6) is 0 Å². The highest BCUT2D eigenvalue weighted by Crippen LogP contribution is 2.13. The average molecular weight is 272 g/mol. The van der Waals surface area contributed by atoms with Crippen LogP contribution in [0.3, 0.4) is 0 Å². The number of carbonyl (C=O) groups is 2. The van der Waals surface area contributed by atoms with Gasteiger partial charge in [0.05, 0.1) is 6.21 Å². The van der Waals surface area contributed by atoms with Crippen LogP contribution >= 0.6 is 0 Å². The quantitative estimate of drug-likeness (QED) is 0.487. The smallest absolute Gasteiger partial charge is 0.258 e. The van der Waals surface area contributed by atoms with E-state index in [0.29, 0.717) is 5.92 Å². The minimum Gasteiger partial charge on any atom is -0.272 e. The summed E-state index contributed by atoms with van der Waals surface area (Å²) < 4.78 is 0. The highest BCUT2D eigenvalue weighted by atomic mass is 16.2. The van der Waals surface area contributed by atoms with Gasteiger partial charge in [0.2, 0.25) is 0 Å². The molecule has 0 saturated heterocycles. The molecule has 1 aromatic carbocycles. The van der Waals surface area contributed by atoms with E-state index in [-0.39, 0.29) is 0 Å². The number of nitrogens with zero attached hydrogens (tertiary/aromatic N) is 2. The largest absolute Gasteiger partial charge is 0.272 e. The lowest BCUT2D eigenvalue weighted by atomic mass is 10.0. The van der Waals surface area contributed by atoms with Gasteiger partial charge in [0.15, 0.2) is 5.92 Å². The molecule has 0 saturated carbocycles. The zero-order valence-electron chi connectivity index (χ0n) is 11.3. The molecule has 0 unspecified atom stereocenters. The third kappa shape index (κ3) is 3.28. The van der Waals surface area contributed by atoms with Gasteiger partial charge in [0, 0.05) is 6.21 Å². The molecule has 2 rings (SSSR count). The molecule has 0 fully saturated rings. The summed E-state index contributed by atoms with van der Waals surface area (Å²) in [5.74, 6) is -1.38. The number of benzene rings is 1. The van der Waals surface area contributed by atoms with Crippen molar-refractivity contribution in [3.05, 3.63) is 35.4 Å². The molecule has 0 aromatic heterocycles. The Morgan fingerprint density at radius 2 is 2.10 bits per heavy atom. The van der Waals surface area contributed by atoms with E-state index in [9.17, 15) is 9.59 Å². The van der Waals surface area contributed by atoms with Gasteiger partial charge in [-0.1, -0.05) is 38.1 Å². The molecule has 1 aromatic rings. The van der Waals surface area contributed by atoms with Crippen LogP contribution in [-0.2, 0) is 9.59 Å². The van der Waals surface area contributed by atoms with E-state index in [2.05, 4.69) is 34.9 Å². The second-order valence-electron chi connectivity index (χ2n) is 4.79. The molecule has 2 amide bonds. The molecular formula is C14H16N4O2. The van der Waals surface area contributed by atoms with Crippen molar-refractivity contribution in [3.63, 3.8) is 0 Å². The van der Waals surface area contributed by atoms with E-state index in [1.807, 2.05) is 24.3 Å². The van der Waals surface area contributed by atoms with Gasteiger partial charge in [0.25, 0.3) is 11.8 Å². The van der Waals surface area contributed by atoms with Crippen LogP contribution in [-0.4, -0.2) is 24.2 Å². The summed E-state index contributed by atoms with van der Waals surface area (Å²) in [5, 5.41) is 7.35. The zero-order valence-corrected chi connectivity index (χ0v) is 11.3. The number of nitrogens with one attached hydrogen (secondary N) is 2. The molecule has 1 atom stereocenters. The Kier molecular flexibility index (Phi) is 4.24. The maximum Gasteiger partial charge on any atom is 0.258 e. The summed E-state index contributed by atoms with van der Waals surface area (Å²) in [7, 11) is 0. The summed E-state index contributed by atoms with van der Waals surface area (Å²) in [6, 6.07) is 7.89. The molecule has 104 valence electrons. The topological polar surface area (TPSA) is 82.9 Å². The van der Waals surface area contributed by atoms with Crippen molar-refractivity contribution in [2.45, 2.75) is 19.8 Å². The van der Waals surface area contributed by atoms with Crippen molar-refractivity contribution in [1.29, 1.82) is 0 Å². The zero-order chi connectivity index (χ0) is 14.5. The highest BCUT2D eigenvalue weighted by molar-refractivity contribution is 6.15. The second kappa shape index (κ2) is 6.10. The monoisotopic (exact) mass is 272 g/mol. The number of hydrazone groups is 2. The normalized spacial score (nSPS) is 17.8. The van der Waals surface area contributed by atoms with E-state index >= 15 is 0 Å². The van der Waals surface area contributed by atoms with E-state index in [1.165, 1.54) is 18.0 Å². The van der Waals surface area contributed by atoms with E-state index < -0.39 is 17.7 Å². The molecule has 6 nitrogen and oxygen atoms in total. The van der Waals surface area contributed by atoms with Crippen molar-refractivity contribution in [2.75, 3.05) is 0 Å². The Labute approximate surface area is 116 Å². The fraction of sp³-hybridized carbons (Fsp3) is 0.286. The first-order chi connectivity index (χ1) is 9.58. The van der Waals surface area contributed by atoms with Crippen LogP contribution in [0.15, 0.2) is 34.5 Å². The SMILES string of the molecule is CC(C)c1ccc(/C=N\NC(=O)[C@H]2C=NNC2=O)cc1. The van der Waals surface area contributed by atoms with Gasteiger partial charge in [0.1, 0.15) is 0 Å². The van der Waals surface area contributed by atoms with Gasteiger partial charge in [-0.05, 0) is 17.0 Å². The molecular weight excluding hydrogens is 256 g/mol. The Hall–Kier alpha value is -2.50. The third-order valence-corrected chi connectivity index (χ3v) is 2.95. The maximum atomic E-state index is 11.6. The summed E-state index contributed by atoms with van der Waals surface area (Å²) in [4.78, 5) is 22.8. The van der Waals surface area contributed by atoms with Crippen molar-refractivity contribution in [3.8, 4) is 0 Å². The van der Waals surface area contributed by atoms with Crippen LogP contribution < -0.4 is 10.9 Å². The Balaban J connectivity index is 1.91. The molecule has 0 bridgehead atoms. The molecule has 1 heterocycles. The lowest BCUT2D eigenvalue weighted by Crippen LogP contribution is -2.34. The Morgan fingerprint density at radius 1 is 1.40 bits per heavy atom. The van der Waals surface area contributed by atoms with Gasteiger partial charge in [-0.25, -0.2) is 10.9 Å². The molecule has 6 heteroatoms. The minimum atomic E-state index is -0.907. The predicted octanol–water partition coefficient (Wildman–Crippen LogP) is 0.992. The Morgan fingerprint density at radius 3 is 2.65 bits per heavy atom. The van der Waals surface area contributed by atoms with Crippen LogP contribution in [0.1, 0.15) is 30.9 Å². The second-order valence-corrected chi connectivity index (χ2v) is 4.79. The third-order valence-electron chi connectivity index (χ3n) is 2.95. The fourth-order valence-corrected chi connectivity index (χ4v) is 1.71. The van der Waals surface area contributed by atoms with Crippen LogP contribution in [0, 0.1) is 5.92 Å². The molecule has 0 aliphatic carbocycles. The predicted molar refractivity (Wildman–Crippen MR) is 76.4 cm³/mol. The van der Waals surface area contributed by atoms with Gasteiger partial charge >= 0.3 is 0 Å². The average Bonchev–Trinajstić information content (AvgIpc) is 2.85. The molecule has 20 heavy (non-hydrogen) atoms. The number of carbonyl (C=O) groups excluding carboxylic acids is 2. The van der Waals surface area contributed by atoms with Gasteiger partial charge in [-0.15, -0.1) is 0 Å². The molecule has 2 N–H and O–H groups in total. The van der Waals surface area contributed by atoms with Crippen molar-refractivity contribution >= 4 is 24.2 Å². The highest BCUT2D eigenvalue weighted by Gasteiger charge is 2.28. The summed E-state index contributed by atoms with van der Waals surface area (Å²) >= 11 is 0. The van der Waals surface area contributed by atoms with Crippen molar-refractivity contribution in [2.24, 2.45) is 16.1 Å². The van der Waals surface area contributed by atoms with Gasteiger partial charge < -0.3 is 0 Å². The number of hydrogen-bond donors (Lipinski definition) is 2. The van der Waals surface area contributed by atoms with E-state index in [0.717, 1.165) is 5.56 Å². The summed E-state index contributed by atoms with van der Waals surface area (Å²) in [5.41, 5.74) is 6.63. The van der Waals surface area contributed by atoms with Gasteiger partial charge in [-0.3, -0.25) is 9.59 Å². The molecule has 1 aliphatic rings. The van der Waals surface area contributed by atoms with Crippen LogP contribution in [0.25, 0.3) is 0 Å². The number of hydrogen-bond acceptors (Lipinski definition) is 4. The standard InChI is InChI=1S/C14H16N4O2/c1-9(2)11-5-3-10(4-6-11)7-15-17-13(19)12-8-16-18-14(12)20/h3-9,12H,1-2H3,(H,17,19)(H,18,20)/b15-7-/t12-/m1/s1. The van der Waals surface area contributed by atoms with Gasteiger partial charge in [-0.2, -0.15) is 10.2 Å².